The molecular weight excluding hydrogens is 607 g/mol. The van der Waals surface area contributed by atoms with Crippen LogP contribution in [0.15, 0.2) is 60.7 Å². The summed E-state index contributed by atoms with van der Waals surface area (Å²) in [4.78, 5) is 25.0. The van der Waals surface area contributed by atoms with Gasteiger partial charge in [-0.15, -0.1) is 0 Å². The zero-order valence-electron chi connectivity index (χ0n) is 26.3. The molecule has 3 rings (SSSR count). The highest BCUT2D eigenvalue weighted by Gasteiger charge is 2.43. The van der Waals surface area contributed by atoms with Crippen LogP contribution in [0.5, 0.6) is 11.5 Å². The maximum absolute atomic E-state index is 14.7. The Morgan fingerprint density at radius 3 is 1.76 bits per heavy atom. The lowest BCUT2D eigenvalue weighted by Crippen LogP contribution is -2.34. The molecule has 0 spiro atoms. The molecule has 0 aliphatic carbocycles. The molecule has 10 heteroatoms. The zero-order valence-corrected chi connectivity index (χ0v) is 26.3. The monoisotopic (exact) mass is 648 g/mol. The number of hydrogen-bond donors (Lipinski definition) is 0. The summed E-state index contributed by atoms with van der Waals surface area (Å²) in [5.74, 6) is -5.56. The van der Waals surface area contributed by atoms with Crippen LogP contribution in [-0.4, -0.2) is 30.8 Å². The van der Waals surface area contributed by atoms with E-state index in [1.54, 1.807) is 12.1 Å². The molecule has 46 heavy (non-hydrogen) atoms. The Hall–Kier alpha value is -3.95. The number of carbonyl (C=O) groups is 2. The molecule has 0 fully saturated rings. The summed E-state index contributed by atoms with van der Waals surface area (Å²) in [7, 11) is 0. The van der Waals surface area contributed by atoms with E-state index in [-0.39, 0.29) is 12.0 Å². The molecule has 0 saturated carbocycles. The highest BCUT2D eigenvalue weighted by molar-refractivity contribution is 5.92. The van der Waals surface area contributed by atoms with Crippen LogP contribution in [-0.2, 0) is 4.74 Å². The first-order valence-corrected chi connectivity index (χ1v) is 15.9. The van der Waals surface area contributed by atoms with Crippen molar-refractivity contribution in [2.45, 2.75) is 96.8 Å². The van der Waals surface area contributed by atoms with Gasteiger partial charge in [-0.25, -0.2) is 18.4 Å². The van der Waals surface area contributed by atoms with Gasteiger partial charge in [0.2, 0.25) is 0 Å². The summed E-state index contributed by atoms with van der Waals surface area (Å²) in [6, 6.07) is 15.0. The van der Waals surface area contributed by atoms with Crippen molar-refractivity contribution in [1.29, 1.82) is 0 Å². The summed E-state index contributed by atoms with van der Waals surface area (Å²) >= 11 is 0. The lowest BCUT2D eigenvalue weighted by atomic mass is 10.0. The van der Waals surface area contributed by atoms with Gasteiger partial charge in [0.15, 0.2) is 6.10 Å². The van der Waals surface area contributed by atoms with E-state index in [1.807, 2.05) is 31.2 Å². The van der Waals surface area contributed by atoms with Gasteiger partial charge in [0.1, 0.15) is 28.7 Å². The minimum atomic E-state index is -4.90. The van der Waals surface area contributed by atoms with Crippen molar-refractivity contribution in [1.82, 2.24) is 0 Å². The van der Waals surface area contributed by atoms with Crippen molar-refractivity contribution in [3.63, 3.8) is 0 Å². The normalized spacial score (nSPS) is 12.1. The van der Waals surface area contributed by atoms with Crippen LogP contribution in [0.25, 0.3) is 11.1 Å². The first-order chi connectivity index (χ1) is 22.0. The summed E-state index contributed by atoms with van der Waals surface area (Å²) in [5, 5.41) is 0. The number of esters is 2. The molecule has 0 aromatic heterocycles. The van der Waals surface area contributed by atoms with E-state index < -0.39 is 53.6 Å². The molecule has 0 N–H and O–H groups in total. The van der Waals surface area contributed by atoms with Gasteiger partial charge in [0, 0.05) is 12.1 Å². The molecule has 0 heterocycles. The van der Waals surface area contributed by atoms with Gasteiger partial charge in [-0.3, -0.25) is 0 Å². The summed E-state index contributed by atoms with van der Waals surface area (Å²) in [6.07, 6.45) is 1.28. The van der Waals surface area contributed by atoms with E-state index in [9.17, 15) is 31.5 Å². The van der Waals surface area contributed by atoms with Crippen LogP contribution in [0.1, 0.15) is 105 Å². The van der Waals surface area contributed by atoms with Crippen LogP contribution in [0.4, 0.5) is 22.0 Å². The molecule has 0 saturated heterocycles. The lowest BCUT2D eigenvalue weighted by molar-refractivity contribution is -0.206. The molecule has 3 aromatic carbocycles. The Morgan fingerprint density at radius 1 is 0.674 bits per heavy atom. The van der Waals surface area contributed by atoms with Crippen LogP contribution >= 0.6 is 0 Å². The van der Waals surface area contributed by atoms with Crippen molar-refractivity contribution in [2.24, 2.45) is 0 Å². The van der Waals surface area contributed by atoms with E-state index in [0.29, 0.717) is 31.6 Å². The van der Waals surface area contributed by atoms with E-state index in [4.69, 9.17) is 9.47 Å². The number of alkyl halides is 3. The average Bonchev–Trinajstić information content (AvgIpc) is 3.01. The van der Waals surface area contributed by atoms with Gasteiger partial charge in [-0.2, -0.15) is 13.2 Å². The van der Waals surface area contributed by atoms with Gasteiger partial charge in [0.25, 0.3) is 0 Å². The third-order valence-corrected chi connectivity index (χ3v) is 7.44. The number of carbonyl (C=O) groups excluding carboxylic acids is 2. The first-order valence-electron chi connectivity index (χ1n) is 15.9. The smallest absolute Gasteiger partial charge is 0.425 e. The molecule has 250 valence electrons. The average molecular weight is 649 g/mol. The number of hydrogen-bond acceptors (Lipinski definition) is 5. The van der Waals surface area contributed by atoms with Crippen molar-refractivity contribution in [3.05, 3.63) is 83.4 Å². The lowest BCUT2D eigenvalue weighted by Gasteiger charge is -2.21. The standard InChI is InChI=1S/C36H41F5O5/c1-3-5-7-9-10-12-22-44-28-20-18-26(19-21-28)25-14-16-27(17-15-25)34(42)45-29-23-30(37)33(31(38)24-29)35(43)46-32(36(39,40)41)13-11-8-6-4-2/h14-21,23-24,32H,3-13,22H2,1-2H3. The van der Waals surface area contributed by atoms with E-state index in [2.05, 4.69) is 11.7 Å². The van der Waals surface area contributed by atoms with Crippen LogP contribution in [0.3, 0.4) is 0 Å². The highest BCUT2D eigenvalue weighted by atomic mass is 19.4. The Bertz CT molecular complexity index is 1360. The molecule has 0 aliphatic rings. The second kappa shape index (κ2) is 18.3. The summed E-state index contributed by atoms with van der Waals surface area (Å²) in [6.45, 7) is 4.73. The molecule has 0 aliphatic heterocycles. The van der Waals surface area contributed by atoms with Crippen LogP contribution in [0.2, 0.25) is 0 Å². The molecule has 3 aromatic rings. The Balaban J connectivity index is 1.57. The third-order valence-electron chi connectivity index (χ3n) is 7.44. The van der Waals surface area contributed by atoms with Crippen molar-refractivity contribution in [3.8, 4) is 22.6 Å². The zero-order chi connectivity index (χ0) is 33.5. The van der Waals surface area contributed by atoms with Gasteiger partial charge in [-0.05, 0) is 54.7 Å². The van der Waals surface area contributed by atoms with Gasteiger partial charge in [-0.1, -0.05) is 89.5 Å². The molecular formula is C36H41F5O5. The highest BCUT2D eigenvalue weighted by Crippen LogP contribution is 2.30. The van der Waals surface area contributed by atoms with Gasteiger partial charge in [0.05, 0.1) is 12.2 Å². The largest absolute Gasteiger partial charge is 0.494 e. The molecule has 5 nitrogen and oxygen atoms in total. The molecule has 0 radical (unpaired) electrons. The quantitative estimate of drug-likeness (QED) is 0.0594. The Morgan fingerprint density at radius 2 is 1.20 bits per heavy atom. The van der Waals surface area contributed by atoms with Gasteiger partial charge >= 0.3 is 18.1 Å². The Labute approximate surface area is 267 Å². The molecule has 1 unspecified atom stereocenters. The fourth-order valence-electron chi connectivity index (χ4n) is 4.82. The second-order valence-corrected chi connectivity index (χ2v) is 11.2. The first kappa shape index (κ1) is 36.5. The molecule has 0 amide bonds. The minimum absolute atomic E-state index is 0.0861. The summed E-state index contributed by atoms with van der Waals surface area (Å²) in [5.41, 5.74) is 0.475. The van der Waals surface area contributed by atoms with Crippen molar-refractivity contribution in [2.75, 3.05) is 6.61 Å². The van der Waals surface area contributed by atoms with Gasteiger partial charge < -0.3 is 14.2 Å². The number of rotatable bonds is 18. The molecule has 1 atom stereocenters. The third kappa shape index (κ3) is 11.4. The van der Waals surface area contributed by atoms with Crippen LogP contribution < -0.4 is 9.47 Å². The van der Waals surface area contributed by atoms with E-state index >= 15 is 0 Å². The predicted octanol–water partition coefficient (Wildman–Crippen LogP) is 10.6. The number of benzene rings is 3. The number of ether oxygens (including phenoxy) is 3. The van der Waals surface area contributed by atoms with E-state index in [1.165, 1.54) is 37.8 Å². The Kier molecular flexibility index (Phi) is 14.5. The topological polar surface area (TPSA) is 61.8 Å². The van der Waals surface area contributed by atoms with E-state index in [0.717, 1.165) is 36.1 Å². The number of unbranched alkanes of at least 4 members (excludes halogenated alkanes) is 8. The maximum Gasteiger partial charge on any atom is 0.425 e. The maximum atomic E-state index is 14.7. The van der Waals surface area contributed by atoms with Crippen LogP contribution in [0, 0.1) is 11.6 Å². The van der Waals surface area contributed by atoms with Crippen molar-refractivity contribution < 1.29 is 45.8 Å². The number of halogens is 5. The minimum Gasteiger partial charge on any atom is -0.494 e. The van der Waals surface area contributed by atoms with Crippen molar-refractivity contribution >= 4 is 11.9 Å². The predicted molar refractivity (Wildman–Crippen MR) is 166 cm³/mol. The SMILES string of the molecule is CCCCCCCCOc1ccc(-c2ccc(C(=O)Oc3cc(F)c(C(=O)OC(CCCCCC)C(F)(F)F)c(F)c3)cc2)cc1. The fraction of sp³-hybridized carbons (Fsp3) is 0.444. The second-order valence-electron chi connectivity index (χ2n) is 11.2. The summed E-state index contributed by atoms with van der Waals surface area (Å²) < 4.78 is 84.9. The molecule has 0 bridgehead atoms. The fourth-order valence-corrected chi connectivity index (χ4v) is 4.82.